The van der Waals surface area contributed by atoms with Crippen molar-refractivity contribution in [1.29, 1.82) is 0 Å². The predicted octanol–water partition coefficient (Wildman–Crippen LogP) is 5.15. The Labute approximate surface area is 127 Å². The Morgan fingerprint density at radius 3 is 2.50 bits per heavy atom. The number of hydrogen-bond acceptors (Lipinski definition) is 2. The van der Waals surface area contributed by atoms with Crippen molar-refractivity contribution >= 4 is 39.8 Å². The van der Waals surface area contributed by atoms with Gasteiger partial charge in [-0.25, -0.2) is 0 Å². The van der Waals surface area contributed by atoms with Crippen LogP contribution in [0, 0.1) is 0 Å². The Hall–Kier alpha value is -1.77. The van der Waals surface area contributed by atoms with Crippen LogP contribution in [0.4, 0.5) is 5.69 Å². The largest absolute Gasteiger partial charge is 0.380 e. The molecule has 3 rings (SSSR count). The molecule has 0 fully saturated rings. The molecular weight excluding hydrogens is 291 g/mol. The number of rotatable bonds is 3. The van der Waals surface area contributed by atoms with Crippen LogP contribution in [0.3, 0.4) is 0 Å². The summed E-state index contributed by atoms with van der Waals surface area (Å²) in [7, 11) is 0. The number of para-hydroxylation sites is 1. The van der Waals surface area contributed by atoms with Crippen LogP contribution in [-0.2, 0) is 6.54 Å². The van der Waals surface area contributed by atoms with Crippen molar-refractivity contribution in [3.8, 4) is 0 Å². The number of fused-ring (bicyclic) bond motifs is 1. The molecule has 0 spiro atoms. The fourth-order valence-electron chi connectivity index (χ4n) is 2.06. The summed E-state index contributed by atoms with van der Waals surface area (Å²) in [4.78, 5) is 4.41. The van der Waals surface area contributed by atoms with Gasteiger partial charge in [-0.05, 0) is 24.3 Å². The van der Waals surface area contributed by atoms with Crippen molar-refractivity contribution in [2.45, 2.75) is 6.54 Å². The molecular formula is C16H12Cl2N2. The van der Waals surface area contributed by atoms with Gasteiger partial charge in [-0.15, -0.1) is 0 Å². The number of pyridine rings is 1. The maximum absolute atomic E-state index is 6.15. The van der Waals surface area contributed by atoms with Crippen LogP contribution in [0.1, 0.15) is 5.56 Å². The third kappa shape index (κ3) is 2.72. The van der Waals surface area contributed by atoms with E-state index in [4.69, 9.17) is 23.2 Å². The zero-order valence-corrected chi connectivity index (χ0v) is 12.1. The summed E-state index contributed by atoms with van der Waals surface area (Å²) < 4.78 is 0. The van der Waals surface area contributed by atoms with Gasteiger partial charge in [-0.1, -0.05) is 47.5 Å². The van der Waals surface area contributed by atoms with Gasteiger partial charge in [-0.3, -0.25) is 4.98 Å². The number of aromatic nitrogens is 1. The van der Waals surface area contributed by atoms with Crippen LogP contribution < -0.4 is 5.32 Å². The average molecular weight is 303 g/mol. The smallest absolute Gasteiger partial charge is 0.0703 e. The number of anilines is 1. The van der Waals surface area contributed by atoms with Crippen molar-refractivity contribution in [3.05, 3.63) is 70.3 Å². The zero-order valence-electron chi connectivity index (χ0n) is 10.6. The molecule has 0 aliphatic carbocycles. The van der Waals surface area contributed by atoms with Crippen molar-refractivity contribution in [2.24, 2.45) is 0 Å². The number of nitrogens with one attached hydrogen (secondary N) is 1. The standard InChI is InChI=1S/C16H12Cl2N2/c17-14-5-3-6-15(18)13(14)10-19-12-8-11-4-1-2-7-16(11)20-9-12/h1-9,19H,10H2. The second kappa shape index (κ2) is 5.70. The molecule has 0 radical (unpaired) electrons. The normalized spacial score (nSPS) is 10.7. The van der Waals surface area contributed by atoms with Gasteiger partial charge in [0.25, 0.3) is 0 Å². The first kappa shape index (κ1) is 13.2. The molecule has 3 aromatic rings. The maximum atomic E-state index is 6.15. The Balaban J connectivity index is 1.83. The highest BCUT2D eigenvalue weighted by Gasteiger charge is 2.05. The average Bonchev–Trinajstić information content (AvgIpc) is 2.46. The van der Waals surface area contributed by atoms with Gasteiger partial charge < -0.3 is 5.32 Å². The molecule has 0 saturated carbocycles. The molecule has 1 aromatic heterocycles. The van der Waals surface area contributed by atoms with Gasteiger partial charge >= 0.3 is 0 Å². The lowest BCUT2D eigenvalue weighted by Crippen LogP contribution is -2.01. The molecule has 1 heterocycles. The van der Waals surface area contributed by atoms with Crippen molar-refractivity contribution in [2.75, 3.05) is 5.32 Å². The van der Waals surface area contributed by atoms with Gasteiger partial charge in [0.1, 0.15) is 0 Å². The summed E-state index contributed by atoms with van der Waals surface area (Å²) in [6.45, 7) is 0.568. The number of nitrogens with zero attached hydrogens (tertiary/aromatic N) is 1. The molecule has 0 unspecified atom stereocenters. The van der Waals surface area contributed by atoms with Crippen LogP contribution in [0.15, 0.2) is 54.7 Å². The lowest BCUT2D eigenvalue weighted by atomic mass is 10.2. The second-order valence-corrected chi connectivity index (χ2v) is 5.28. The van der Waals surface area contributed by atoms with E-state index >= 15 is 0 Å². The first-order valence-electron chi connectivity index (χ1n) is 6.25. The van der Waals surface area contributed by atoms with E-state index in [0.29, 0.717) is 16.6 Å². The minimum Gasteiger partial charge on any atom is -0.380 e. The molecule has 2 aromatic carbocycles. The Morgan fingerprint density at radius 1 is 0.950 bits per heavy atom. The van der Waals surface area contributed by atoms with Crippen LogP contribution in [-0.4, -0.2) is 4.98 Å². The van der Waals surface area contributed by atoms with E-state index in [1.54, 1.807) is 0 Å². The highest BCUT2D eigenvalue weighted by Crippen LogP contribution is 2.25. The number of hydrogen-bond donors (Lipinski definition) is 1. The van der Waals surface area contributed by atoms with Crippen LogP contribution in [0.25, 0.3) is 10.9 Å². The molecule has 0 bridgehead atoms. The SMILES string of the molecule is Clc1cccc(Cl)c1CNc1cnc2ccccc2c1. The van der Waals surface area contributed by atoms with E-state index in [1.165, 1.54) is 0 Å². The first-order chi connectivity index (χ1) is 9.74. The third-order valence-electron chi connectivity index (χ3n) is 3.12. The van der Waals surface area contributed by atoms with E-state index in [2.05, 4.69) is 16.4 Å². The fraction of sp³-hybridized carbons (Fsp3) is 0.0625. The molecule has 4 heteroatoms. The highest BCUT2D eigenvalue weighted by atomic mass is 35.5. The summed E-state index contributed by atoms with van der Waals surface area (Å²) in [5, 5.41) is 5.73. The van der Waals surface area contributed by atoms with E-state index < -0.39 is 0 Å². The van der Waals surface area contributed by atoms with Gasteiger partial charge in [0.2, 0.25) is 0 Å². The van der Waals surface area contributed by atoms with Crippen LogP contribution in [0.5, 0.6) is 0 Å². The van der Waals surface area contributed by atoms with E-state index in [9.17, 15) is 0 Å². The molecule has 0 aliphatic heterocycles. The molecule has 2 nitrogen and oxygen atoms in total. The Morgan fingerprint density at radius 2 is 1.70 bits per heavy atom. The third-order valence-corrected chi connectivity index (χ3v) is 3.83. The molecule has 0 saturated heterocycles. The maximum Gasteiger partial charge on any atom is 0.0703 e. The quantitative estimate of drug-likeness (QED) is 0.723. The summed E-state index contributed by atoms with van der Waals surface area (Å²) in [6.07, 6.45) is 1.81. The topological polar surface area (TPSA) is 24.9 Å². The zero-order chi connectivity index (χ0) is 13.9. The van der Waals surface area contributed by atoms with Gasteiger partial charge in [0, 0.05) is 27.5 Å². The van der Waals surface area contributed by atoms with E-state index in [-0.39, 0.29) is 0 Å². The van der Waals surface area contributed by atoms with Crippen molar-refractivity contribution in [1.82, 2.24) is 4.98 Å². The second-order valence-electron chi connectivity index (χ2n) is 4.47. The lowest BCUT2D eigenvalue weighted by molar-refractivity contribution is 1.14. The molecule has 20 heavy (non-hydrogen) atoms. The summed E-state index contributed by atoms with van der Waals surface area (Å²) in [6, 6.07) is 15.6. The van der Waals surface area contributed by atoms with Crippen molar-refractivity contribution in [3.63, 3.8) is 0 Å². The van der Waals surface area contributed by atoms with E-state index in [1.807, 2.05) is 48.7 Å². The number of halogens is 2. The summed E-state index contributed by atoms with van der Waals surface area (Å²) in [5.41, 5.74) is 2.82. The fourth-order valence-corrected chi connectivity index (χ4v) is 2.59. The highest BCUT2D eigenvalue weighted by molar-refractivity contribution is 6.36. The van der Waals surface area contributed by atoms with Gasteiger partial charge in [0.05, 0.1) is 17.4 Å². The van der Waals surface area contributed by atoms with Gasteiger partial charge in [-0.2, -0.15) is 0 Å². The molecule has 0 amide bonds. The lowest BCUT2D eigenvalue weighted by Gasteiger charge is -2.10. The van der Waals surface area contributed by atoms with E-state index in [0.717, 1.165) is 22.2 Å². The Kier molecular flexibility index (Phi) is 3.77. The summed E-state index contributed by atoms with van der Waals surface area (Å²) >= 11 is 12.3. The summed E-state index contributed by atoms with van der Waals surface area (Å²) in [5.74, 6) is 0. The minimum absolute atomic E-state index is 0.568. The first-order valence-corrected chi connectivity index (χ1v) is 7.01. The van der Waals surface area contributed by atoms with Crippen LogP contribution >= 0.6 is 23.2 Å². The monoisotopic (exact) mass is 302 g/mol. The molecule has 1 N–H and O–H groups in total. The van der Waals surface area contributed by atoms with Crippen LogP contribution in [0.2, 0.25) is 10.0 Å². The minimum atomic E-state index is 0.568. The predicted molar refractivity (Wildman–Crippen MR) is 85.5 cm³/mol. The van der Waals surface area contributed by atoms with Crippen molar-refractivity contribution < 1.29 is 0 Å². The number of benzene rings is 2. The molecule has 0 aliphatic rings. The molecule has 0 atom stereocenters. The van der Waals surface area contributed by atoms with Gasteiger partial charge in [0.15, 0.2) is 0 Å². The Bertz CT molecular complexity index is 736. The molecule has 100 valence electrons.